The minimum atomic E-state index is -1.10. The molecule has 110 valence electrons. The fourth-order valence-corrected chi connectivity index (χ4v) is 2.63. The second kappa shape index (κ2) is 6.51. The number of amides is 3. The fourth-order valence-electron chi connectivity index (χ4n) is 1.49. The molecule has 0 spiro atoms. The molecule has 9 heteroatoms. The first-order valence-electron chi connectivity index (χ1n) is 5.83. The summed E-state index contributed by atoms with van der Waals surface area (Å²) >= 11 is 7.06. The Bertz CT molecular complexity index is 716. The van der Waals surface area contributed by atoms with Crippen LogP contribution in [0.1, 0.15) is 12.8 Å². The summed E-state index contributed by atoms with van der Waals surface area (Å²) in [6.45, 7) is 0. The van der Waals surface area contributed by atoms with E-state index in [1.807, 2.05) is 5.32 Å². The fraction of sp³-hybridized carbons (Fsp3) is 0.167. The lowest BCUT2D eigenvalue weighted by atomic mass is 10.3. The summed E-state index contributed by atoms with van der Waals surface area (Å²) in [5, 5.41) is 13.8. The van der Waals surface area contributed by atoms with Gasteiger partial charge in [0, 0.05) is 11.4 Å². The third kappa shape index (κ3) is 4.40. The van der Waals surface area contributed by atoms with Gasteiger partial charge < -0.3 is 5.11 Å². The largest absolute Gasteiger partial charge is 0.481 e. The van der Waals surface area contributed by atoms with Crippen LogP contribution < -0.4 is 10.6 Å². The van der Waals surface area contributed by atoms with E-state index in [-0.39, 0.29) is 12.8 Å². The molecule has 0 fully saturated rings. The van der Waals surface area contributed by atoms with Gasteiger partial charge in [-0.2, -0.15) is 0 Å². The lowest BCUT2D eigenvalue weighted by Gasteiger charge is -2.02. The van der Waals surface area contributed by atoms with Crippen molar-refractivity contribution in [2.45, 2.75) is 12.8 Å². The first-order chi connectivity index (χ1) is 9.94. The average molecular weight is 328 g/mol. The monoisotopic (exact) mass is 327 g/mol. The first-order valence-corrected chi connectivity index (χ1v) is 7.02. The van der Waals surface area contributed by atoms with Crippen molar-refractivity contribution in [2.75, 3.05) is 5.32 Å². The van der Waals surface area contributed by atoms with Crippen molar-refractivity contribution in [1.82, 2.24) is 10.3 Å². The zero-order chi connectivity index (χ0) is 15.4. The number of rotatable bonds is 4. The number of imide groups is 1. The first kappa shape index (κ1) is 15.2. The molecule has 3 amide bonds. The highest BCUT2D eigenvalue weighted by Gasteiger charge is 2.12. The molecule has 1 aromatic heterocycles. The highest BCUT2D eigenvalue weighted by atomic mass is 35.5. The van der Waals surface area contributed by atoms with Gasteiger partial charge >= 0.3 is 12.0 Å². The third-order valence-electron chi connectivity index (χ3n) is 2.39. The number of benzene rings is 1. The molecular weight excluding hydrogens is 318 g/mol. The van der Waals surface area contributed by atoms with Crippen LogP contribution in [-0.2, 0) is 9.59 Å². The number of carbonyl (C=O) groups excluding carboxylic acids is 2. The lowest BCUT2D eigenvalue weighted by molar-refractivity contribution is -0.138. The van der Waals surface area contributed by atoms with Gasteiger partial charge in [0.2, 0.25) is 5.91 Å². The van der Waals surface area contributed by atoms with Crippen LogP contribution in [0.5, 0.6) is 0 Å². The van der Waals surface area contributed by atoms with Gasteiger partial charge in [0.1, 0.15) is 0 Å². The summed E-state index contributed by atoms with van der Waals surface area (Å²) < 4.78 is 0.801. The lowest BCUT2D eigenvalue weighted by Crippen LogP contribution is -2.34. The SMILES string of the molecule is O=C(O)CCC(=O)NC(=O)Nc1nc2ccc(Cl)cc2s1. The second-order valence-electron chi connectivity index (χ2n) is 4.03. The minimum absolute atomic E-state index is 0.266. The Labute approximate surface area is 127 Å². The Morgan fingerprint density at radius 2 is 2.05 bits per heavy atom. The molecule has 0 atom stereocenters. The molecule has 7 nitrogen and oxygen atoms in total. The van der Waals surface area contributed by atoms with Gasteiger partial charge in [0.15, 0.2) is 5.13 Å². The zero-order valence-electron chi connectivity index (χ0n) is 10.6. The number of urea groups is 1. The quantitative estimate of drug-likeness (QED) is 0.799. The summed E-state index contributed by atoms with van der Waals surface area (Å²) in [5.74, 6) is -1.77. The molecule has 0 unspecified atom stereocenters. The maximum absolute atomic E-state index is 11.6. The summed E-state index contributed by atoms with van der Waals surface area (Å²) in [6.07, 6.45) is -0.600. The number of nitrogens with one attached hydrogen (secondary N) is 2. The number of anilines is 1. The van der Waals surface area contributed by atoms with Gasteiger partial charge in [-0.1, -0.05) is 22.9 Å². The number of carboxylic acids is 1. The van der Waals surface area contributed by atoms with Crippen LogP contribution in [0.4, 0.5) is 9.93 Å². The molecule has 0 aliphatic heterocycles. The number of hydrogen-bond donors (Lipinski definition) is 3. The number of nitrogens with zero attached hydrogens (tertiary/aromatic N) is 1. The maximum atomic E-state index is 11.6. The summed E-state index contributed by atoms with van der Waals surface area (Å²) in [7, 11) is 0. The smallest absolute Gasteiger partial charge is 0.327 e. The Kier molecular flexibility index (Phi) is 4.71. The summed E-state index contributed by atoms with van der Waals surface area (Å²) in [6, 6.07) is 4.36. The molecule has 2 aromatic rings. The summed E-state index contributed by atoms with van der Waals surface area (Å²) in [4.78, 5) is 37.3. The van der Waals surface area contributed by atoms with Crippen molar-refractivity contribution in [3.05, 3.63) is 23.2 Å². The normalized spacial score (nSPS) is 10.3. The number of aliphatic carboxylic acids is 1. The molecule has 3 N–H and O–H groups in total. The molecule has 0 radical (unpaired) electrons. The van der Waals surface area contributed by atoms with Gasteiger partial charge in [-0.15, -0.1) is 0 Å². The van der Waals surface area contributed by atoms with E-state index in [1.165, 1.54) is 11.3 Å². The topological polar surface area (TPSA) is 108 Å². The van der Waals surface area contributed by atoms with E-state index in [4.69, 9.17) is 16.7 Å². The molecule has 0 aliphatic carbocycles. The van der Waals surface area contributed by atoms with Crippen LogP contribution in [0.2, 0.25) is 5.02 Å². The number of fused-ring (bicyclic) bond motifs is 1. The van der Waals surface area contributed by atoms with Crippen molar-refractivity contribution in [3.63, 3.8) is 0 Å². The standard InChI is InChI=1S/C12H10ClN3O4S/c13-6-1-2-7-8(5-6)21-12(14-7)16-11(20)15-9(17)3-4-10(18)19/h1-2,5H,3-4H2,(H,18,19)(H2,14,15,16,17,20). The van der Waals surface area contributed by atoms with E-state index in [9.17, 15) is 14.4 Å². The van der Waals surface area contributed by atoms with E-state index < -0.39 is 17.9 Å². The van der Waals surface area contributed by atoms with E-state index in [1.54, 1.807) is 18.2 Å². The highest BCUT2D eigenvalue weighted by Crippen LogP contribution is 2.28. The Balaban J connectivity index is 1.95. The maximum Gasteiger partial charge on any atom is 0.327 e. The van der Waals surface area contributed by atoms with Crippen LogP contribution in [0.3, 0.4) is 0 Å². The van der Waals surface area contributed by atoms with Crippen molar-refractivity contribution in [3.8, 4) is 0 Å². The predicted octanol–water partition coefficient (Wildman–Crippen LogP) is 2.46. The van der Waals surface area contributed by atoms with E-state index in [0.29, 0.717) is 15.7 Å². The molecule has 1 heterocycles. The Morgan fingerprint density at radius 1 is 1.29 bits per heavy atom. The molecule has 0 saturated heterocycles. The second-order valence-corrected chi connectivity index (χ2v) is 5.49. The molecule has 1 aromatic carbocycles. The number of carbonyl (C=O) groups is 3. The van der Waals surface area contributed by atoms with Gasteiger partial charge in [0.05, 0.1) is 16.6 Å². The highest BCUT2D eigenvalue weighted by molar-refractivity contribution is 7.22. The Hall–Kier alpha value is -2.19. The van der Waals surface area contributed by atoms with Crippen LogP contribution >= 0.6 is 22.9 Å². The van der Waals surface area contributed by atoms with E-state index >= 15 is 0 Å². The average Bonchev–Trinajstić information content (AvgIpc) is 2.77. The number of aromatic nitrogens is 1. The van der Waals surface area contributed by atoms with E-state index in [2.05, 4.69) is 10.3 Å². The molecule has 0 saturated carbocycles. The van der Waals surface area contributed by atoms with Crippen LogP contribution in [0.25, 0.3) is 10.2 Å². The molecule has 2 rings (SSSR count). The van der Waals surface area contributed by atoms with Crippen LogP contribution in [0.15, 0.2) is 18.2 Å². The number of thiazole rings is 1. The third-order valence-corrected chi connectivity index (χ3v) is 3.56. The molecular formula is C12H10ClN3O4S. The zero-order valence-corrected chi connectivity index (χ0v) is 12.1. The van der Waals surface area contributed by atoms with Gasteiger partial charge in [-0.25, -0.2) is 9.78 Å². The number of hydrogen-bond acceptors (Lipinski definition) is 5. The van der Waals surface area contributed by atoms with Gasteiger partial charge in [0.25, 0.3) is 0 Å². The van der Waals surface area contributed by atoms with Crippen molar-refractivity contribution in [1.29, 1.82) is 0 Å². The van der Waals surface area contributed by atoms with Gasteiger partial charge in [-0.05, 0) is 18.2 Å². The Morgan fingerprint density at radius 3 is 2.76 bits per heavy atom. The van der Waals surface area contributed by atoms with Crippen LogP contribution in [0, 0.1) is 0 Å². The minimum Gasteiger partial charge on any atom is -0.481 e. The molecule has 0 bridgehead atoms. The number of carboxylic acid groups (broad SMARTS) is 1. The van der Waals surface area contributed by atoms with Crippen molar-refractivity contribution < 1.29 is 19.5 Å². The van der Waals surface area contributed by atoms with Gasteiger partial charge in [-0.3, -0.25) is 20.2 Å². The number of halogens is 1. The molecule has 21 heavy (non-hydrogen) atoms. The summed E-state index contributed by atoms with van der Waals surface area (Å²) in [5.41, 5.74) is 0.678. The van der Waals surface area contributed by atoms with Crippen molar-refractivity contribution in [2.24, 2.45) is 0 Å². The van der Waals surface area contributed by atoms with E-state index in [0.717, 1.165) is 4.70 Å². The predicted molar refractivity (Wildman–Crippen MR) is 78.7 cm³/mol. The molecule has 0 aliphatic rings. The van der Waals surface area contributed by atoms with Crippen LogP contribution in [-0.4, -0.2) is 28.0 Å². The van der Waals surface area contributed by atoms with Crippen molar-refractivity contribution >= 4 is 56.2 Å².